The summed E-state index contributed by atoms with van der Waals surface area (Å²) in [5.41, 5.74) is 4.46. The Morgan fingerprint density at radius 3 is 2.62 bits per heavy atom. The van der Waals surface area contributed by atoms with Gasteiger partial charge in [0, 0.05) is 0 Å². The SMILES string of the molecule is Cc1nsc(Sc2nc(C(F)(F)F)ccc2/C(N)=N/O)n1. The average molecular weight is 335 g/mol. The molecule has 3 N–H and O–H groups in total. The molecular formula is C10H8F3N5OS2. The van der Waals surface area contributed by atoms with Crippen molar-refractivity contribution < 1.29 is 18.4 Å². The number of alkyl halides is 3. The molecule has 0 unspecified atom stereocenters. The van der Waals surface area contributed by atoms with Crippen molar-refractivity contribution in [3.05, 3.63) is 29.2 Å². The Bertz CT molecular complexity index is 686. The van der Waals surface area contributed by atoms with Crippen molar-refractivity contribution in [1.29, 1.82) is 0 Å². The van der Waals surface area contributed by atoms with Gasteiger partial charge in [0.2, 0.25) is 0 Å². The Morgan fingerprint density at radius 2 is 2.10 bits per heavy atom. The predicted molar refractivity (Wildman–Crippen MR) is 70.5 cm³/mol. The molecule has 0 aliphatic rings. The average Bonchev–Trinajstić information content (AvgIpc) is 2.82. The van der Waals surface area contributed by atoms with Gasteiger partial charge in [-0.2, -0.15) is 17.5 Å². The van der Waals surface area contributed by atoms with E-state index in [0.29, 0.717) is 10.2 Å². The maximum atomic E-state index is 12.7. The number of aryl methyl sites for hydroxylation is 1. The molecule has 0 bridgehead atoms. The van der Waals surface area contributed by atoms with E-state index in [1.807, 2.05) is 0 Å². The standard InChI is InChI=1S/C10H8F3N5OS2/c1-4-15-9(21-18-4)20-8-5(7(14)17-19)2-3-6(16-8)10(11,12)13/h2-3,19H,1H3,(H2,14,17). The van der Waals surface area contributed by atoms with Crippen LogP contribution >= 0.6 is 23.3 Å². The van der Waals surface area contributed by atoms with Gasteiger partial charge in [0.05, 0.1) is 5.56 Å². The molecule has 11 heteroatoms. The third-order valence-electron chi connectivity index (χ3n) is 2.23. The van der Waals surface area contributed by atoms with Gasteiger partial charge in [-0.1, -0.05) is 5.16 Å². The normalized spacial score (nSPS) is 12.7. The molecule has 0 atom stereocenters. The molecule has 0 saturated heterocycles. The van der Waals surface area contributed by atoms with Crippen LogP contribution in [-0.4, -0.2) is 25.4 Å². The number of nitrogens with zero attached hydrogens (tertiary/aromatic N) is 4. The summed E-state index contributed by atoms with van der Waals surface area (Å²) in [6, 6.07) is 1.86. The van der Waals surface area contributed by atoms with Crippen LogP contribution in [0.5, 0.6) is 0 Å². The first-order chi connectivity index (χ1) is 9.81. The van der Waals surface area contributed by atoms with Crippen molar-refractivity contribution in [3.8, 4) is 0 Å². The number of pyridine rings is 1. The highest BCUT2D eigenvalue weighted by Crippen LogP contribution is 2.34. The Kier molecular flexibility index (Phi) is 4.32. The molecule has 0 aliphatic heterocycles. The van der Waals surface area contributed by atoms with Crippen LogP contribution in [0.1, 0.15) is 17.1 Å². The zero-order valence-electron chi connectivity index (χ0n) is 10.4. The zero-order chi connectivity index (χ0) is 15.6. The molecule has 2 heterocycles. The van der Waals surface area contributed by atoms with Crippen LogP contribution in [0.3, 0.4) is 0 Å². The van der Waals surface area contributed by atoms with Crippen molar-refractivity contribution in [2.75, 3.05) is 0 Å². The topological polar surface area (TPSA) is 97.3 Å². The molecule has 0 saturated carbocycles. The second-order valence-electron chi connectivity index (χ2n) is 3.74. The van der Waals surface area contributed by atoms with Crippen molar-refractivity contribution in [2.24, 2.45) is 10.9 Å². The minimum Gasteiger partial charge on any atom is -0.409 e. The van der Waals surface area contributed by atoms with Crippen LogP contribution in [0.4, 0.5) is 13.2 Å². The zero-order valence-corrected chi connectivity index (χ0v) is 12.1. The largest absolute Gasteiger partial charge is 0.433 e. The molecule has 0 aromatic carbocycles. The van der Waals surface area contributed by atoms with E-state index < -0.39 is 11.9 Å². The summed E-state index contributed by atoms with van der Waals surface area (Å²) in [6.45, 7) is 1.66. The summed E-state index contributed by atoms with van der Waals surface area (Å²) in [6.07, 6.45) is -4.59. The summed E-state index contributed by atoms with van der Waals surface area (Å²) < 4.78 is 42.5. The molecular weight excluding hydrogens is 327 g/mol. The first kappa shape index (κ1) is 15.5. The van der Waals surface area contributed by atoms with Gasteiger partial charge >= 0.3 is 6.18 Å². The maximum Gasteiger partial charge on any atom is 0.433 e. The van der Waals surface area contributed by atoms with Crippen LogP contribution < -0.4 is 5.73 Å². The summed E-state index contributed by atoms with van der Waals surface area (Å²) in [5, 5.41) is 11.4. The quantitative estimate of drug-likeness (QED) is 0.387. The summed E-state index contributed by atoms with van der Waals surface area (Å²) in [7, 11) is 0. The molecule has 0 radical (unpaired) electrons. The molecule has 0 aliphatic carbocycles. The fourth-order valence-electron chi connectivity index (χ4n) is 1.33. The molecule has 2 aromatic rings. The lowest BCUT2D eigenvalue weighted by molar-refractivity contribution is -0.141. The van der Waals surface area contributed by atoms with Gasteiger partial charge < -0.3 is 10.9 Å². The molecule has 2 aromatic heterocycles. The molecule has 21 heavy (non-hydrogen) atoms. The molecule has 0 spiro atoms. The smallest absolute Gasteiger partial charge is 0.409 e. The minimum absolute atomic E-state index is 0.0590. The summed E-state index contributed by atoms with van der Waals surface area (Å²) in [5.74, 6) is 0.166. The number of halogens is 3. The number of rotatable bonds is 3. The van der Waals surface area contributed by atoms with Gasteiger partial charge in [-0.05, 0) is 42.4 Å². The lowest BCUT2D eigenvalue weighted by Gasteiger charge is -2.10. The number of hydrogen-bond acceptors (Lipinski definition) is 7. The van der Waals surface area contributed by atoms with E-state index in [-0.39, 0.29) is 16.4 Å². The van der Waals surface area contributed by atoms with E-state index in [9.17, 15) is 13.2 Å². The Balaban J connectivity index is 2.48. The molecule has 6 nitrogen and oxygen atoms in total. The maximum absolute atomic E-state index is 12.7. The third-order valence-corrected chi connectivity index (χ3v) is 4.07. The third kappa shape index (κ3) is 3.61. The van der Waals surface area contributed by atoms with Crippen molar-refractivity contribution in [3.63, 3.8) is 0 Å². The highest BCUT2D eigenvalue weighted by molar-refractivity contribution is 8.01. The minimum atomic E-state index is -4.59. The number of nitrogens with two attached hydrogens (primary N) is 1. The second-order valence-corrected chi connectivity index (χ2v) is 5.73. The Morgan fingerprint density at radius 1 is 1.38 bits per heavy atom. The summed E-state index contributed by atoms with van der Waals surface area (Å²) in [4.78, 5) is 7.55. The first-order valence-electron chi connectivity index (χ1n) is 5.35. The lowest BCUT2D eigenvalue weighted by atomic mass is 10.2. The van der Waals surface area contributed by atoms with E-state index in [2.05, 4.69) is 19.5 Å². The van der Waals surface area contributed by atoms with Gasteiger partial charge in [0.15, 0.2) is 10.2 Å². The van der Waals surface area contributed by atoms with Crippen LogP contribution in [0.25, 0.3) is 0 Å². The highest BCUT2D eigenvalue weighted by Gasteiger charge is 2.33. The second kappa shape index (κ2) is 5.85. The van der Waals surface area contributed by atoms with Crippen molar-refractivity contribution in [1.82, 2.24) is 14.3 Å². The van der Waals surface area contributed by atoms with E-state index in [4.69, 9.17) is 10.9 Å². The number of hydrogen-bond donors (Lipinski definition) is 2. The van der Waals surface area contributed by atoms with Gasteiger partial charge in [0.25, 0.3) is 0 Å². The molecule has 2 rings (SSSR count). The molecule has 0 amide bonds. The highest BCUT2D eigenvalue weighted by atomic mass is 32.2. The van der Waals surface area contributed by atoms with Gasteiger partial charge in [-0.3, -0.25) is 0 Å². The number of oxime groups is 1. The van der Waals surface area contributed by atoms with E-state index >= 15 is 0 Å². The first-order valence-corrected chi connectivity index (χ1v) is 6.94. The Hall–Kier alpha value is -1.88. The number of amidine groups is 1. The van der Waals surface area contributed by atoms with Gasteiger partial charge in [-0.25, -0.2) is 9.97 Å². The fraction of sp³-hybridized carbons (Fsp3) is 0.200. The molecule has 112 valence electrons. The number of aromatic nitrogens is 3. The lowest BCUT2D eigenvalue weighted by Crippen LogP contribution is -2.17. The van der Waals surface area contributed by atoms with Crippen molar-refractivity contribution in [2.45, 2.75) is 22.5 Å². The summed E-state index contributed by atoms with van der Waals surface area (Å²) >= 11 is 1.89. The monoisotopic (exact) mass is 335 g/mol. The Labute approximate surface area is 125 Å². The predicted octanol–water partition coefficient (Wildman–Crippen LogP) is 2.51. The van der Waals surface area contributed by atoms with E-state index in [0.717, 1.165) is 35.4 Å². The van der Waals surface area contributed by atoms with Gasteiger partial charge in [0.1, 0.15) is 16.5 Å². The van der Waals surface area contributed by atoms with Crippen LogP contribution in [0.2, 0.25) is 0 Å². The van der Waals surface area contributed by atoms with Crippen LogP contribution in [0, 0.1) is 6.92 Å². The van der Waals surface area contributed by atoms with Crippen LogP contribution in [0.15, 0.2) is 26.7 Å². The van der Waals surface area contributed by atoms with E-state index in [1.165, 1.54) is 0 Å². The molecule has 0 fully saturated rings. The van der Waals surface area contributed by atoms with Crippen LogP contribution in [-0.2, 0) is 6.18 Å². The van der Waals surface area contributed by atoms with E-state index in [1.54, 1.807) is 6.92 Å². The van der Waals surface area contributed by atoms with Gasteiger partial charge in [-0.15, -0.1) is 0 Å². The van der Waals surface area contributed by atoms with Crippen molar-refractivity contribution >= 4 is 29.1 Å². The fourth-order valence-corrected chi connectivity index (χ4v) is 3.02.